The van der Waals surface area contributed by atoms with E-state index in [4.69, 9.17) is 10.1 Å². The number of guanidine groups is 1. The Balaban J connectivity index is 1.48. The number of likely N-dealkylation sites (N-methyl/N-ethyl adjacent to an activating group) is 1. The first-order valence-electron chi connectivity index (χ1n) is 13.8. The molecular weight excluding hydrogens is 510 g/mol. The third kappa shape index (κ3) is 4.81. The number of ether oxygens (including phenoxy) is 1. The molecule has 0 aromatic heterocycles. The number of fused-ring (bicyclic) bond motifs is 2. The second kappa shape index (κ2) is 10.6. The molecule has 3 amide bonds. The van der Waals surface area contributed by atoms with E-state index >= 15 is 0 Å². The quantitative estimate of drug-likeness (QED) is 0.439. The van der Waals surface area contributed by atoms with Crippen LogP contribution in [0, 0.1) is 5.41 Å². The number of nitrogens with one attached hydrogen (secondary N) is 3. The van der Waals surface area contributed by atoms with Crippen molar-refractivity contribution >= 4 is 23.7 Å². The second-order valence-corrected chi connectivity index (χ2v) is 11.2. The summed E-state index contributed by atoms with van der Waals surface area (Å²) in [5.41, 5.74) is 2.30. The minimum Gasteiger partial charge on any atom is -0.480 e. The fourth-order valence-corrected chi connectivity index (χ4v) is 6.11. The summed E-state index contributed by atoms with van der Waals surface area (Å²) >= 11 is 0. The number of benzene rings is 2. The van der Waals surface area contributed by atoms with Crippen LogP contribution in [0.1, 0.15) is 78.7 Å². The number of nitrogens with zero attached hydrogens (tertiary/aromatic N) is 2. The number of carbonyl (C=O) groups excluding carboxylic acids is 3. The van der Waals surface area contributed by atoms with Gasteiger partial charge in [0.2, 0.25) is 5.91 Å². The van der Waals surface area contributed by atoms with Crippen LogP contribution in [0.25, 0.3) is 0 Å². The largest absolute Gasteiger partial charge is 0.480 e. The summed E-state index contributed by atoms with van der Waals surface area (Å²) in [4.78, 5) is 42.8. The number of aliphatic hydroxyl groups excluding tert-OH is 1. The van der Waals surface area contributed by atoms with E-state index in [9.17, 15) is 19.5 Å². The highest BCUT2D eigenvalue weighted by Crippen LogP contribution is 2.42. The molecule has 0 saturated carbocycles. The molecule has 4 atom stereocenters. The Morgan fingerprint density at radius 1 is 1.18 bits per heavy atom. The minimum atomic E-state index is -0.845. The lowest BCUT2D eigenvalue weighted by molar-refractivity contribution is -0.140. The fourth-order valence-electron chi connectivity index (χ4n) is 6.11. The van der Waals surface area contributed by atoms with Crippen molar-refractivity contribution < 1.29 is 24.2 Å². The smallest absolute Gasteiger partial charge is 0.263 e. The Morgan fingerprint density at radius 2 is 1.90 bits per heavy atom. The summed E-state index contributed by atoms with van der Waals surface area (Å²) in [6, 6.07) is 11.3. The van der Waals surface area contributed by atoms with Crippen molar-refractivity contribution in [1.29, 1.82) is 5.41 Å². The standard InChI is InChI=1S/C30H37N5O5/c1-5-30(6-2)16-25(37)35(29(31)33-30)21-15-24(28(39)34(3)4)40-23-12-11-18(13-20(21)23)27(38)32-26-19-10-8-7-9-17(19)14-22(26)36/h7-13,21-22,24,26,36H,5-6,14-16H2,1-4H3,(H2,31,33)(H,32,38)/t21?,22-,24?,26-/m1/s1. The molecule has 4 N–H and O–H groups in total. The Morgan fingerprint density at radius 3 is 2.58 bits per heavy atom. The summed E-state index contributed by atoms with van der Waals surface area (Å²) < 4.78 is 6.07. The van der Waals surface area contributed by atoms with Crippen molar-refractivity contribution in [2.45, 2.75) is 75.8 Å². The van der Waals surface area contributed by atoms with E-state index in [1.807, 2.05) is 38.1 Å². The van der Waals surface area contributed by atoms with Crippen LogP contribution >= 0.6 is 0 Å². The van der Waals surface area contributed by atoms with Gasteiger partial charge in [0.15, 0.2) is 12.1 Å². The van der Waals surface area contributed by atoms with Crippen molar-refractivity contribution in [2.75, 3.05) is 14.1 Å². The molecular formula is C30H37N5O5. The molecule has 1 saturated heterocycles. The molecule has 1 fully saturated rings. The highest BCUT2D eigenvalue weighted by molar-refractivity contribution is 6.00. The van der Waals surface area contributed by atoms with Crippen LogP contribution in [-0.2, 0) is 16.0 Å². The first-order chi connectivity index (χ1) is 19.1. The van der Waals surface area contributed by atoms with Gasteiger partial charge in [0.25, 0.3) is 11.8 Å². The number of rotatable bonds is 6. The van der Waals surface area contributed by atoms with Gasteiger partial charge in [-0.3, -0.25) is 24.7 Å². The van der Waals surface area contributed by atoms with Gasteiger partial charge in [0.1, 0.15) is 5.75 Å². The number of hydrogen-bond donors (Lipinski definition) is 4. The predicted molar refractivity (Wildman–Crippen MR) is 149 cm³/mol. The van der Waals surface area contributed by atoms with Gasteiger partial charge in [-0.15, -0.1) is 0 Å². The first kappa shape index (κ1) is 27.6. The lowest BCUT2D eigenvalue weighted by Gasteiger charge is -2.46. The molecule has 5 rings (SSSR count). The summed E-state index contributed by atoms with van der Waals surface area (Å²) in [5, 5.41) is 25.6. The van der Waals surface area contributed by atoms with Crippen LogP contribution in [0.15, 0.2) is 42.5 Å². The normalized spacial score (nSPS) is 24.9. The van der Waals surface area contributed by atoms with Crippen molar-refractivity contribution in [3.63, 3.8) is 0 Å². The molecule has 0 radical (unpaired) electrons. The van der Waals surface area contributed by atoms with Gasteiger partial charge in [-0.05, 0) is 42.2 Å². The van der Waals surface area contributed by atoms with Gasteiger partial charge < -0.3 is 25.4 Å². The van der Waals surface area contributed by atoms with E-state index in [0.29, 0.717) is 36.1 Å². The zero-order valence-electron chi connectivity index (χ0n) is 23.4. The van der Waals surface area contributed by atoms with Gasteiger partial charge >= 0.3 is 0 Å². The Labute approximate surface area is 234 Å². The molecule has 2 aromatic rings. The average molecular weight is 548 g/mol. The molecule has 212 valence electrons. The number of aliphatic hydroxyl groups is 1. The maximum atomic E-state index is 13.6. The van der Waals surface area contributed by atoms with E-state index in [2.05, 4.69) is 10.6 Å². The molecule has 0 spiro atoms. The van der Waals surface area contributed by atoms with E-state index in [0.717, 1.165) is 11.1 Å². The molecule has 2 unspecified atom stereocenters. The van der Waals surface area contributed by atoms with Crippen LogP contribution in [0.4, 0.5) is 0 Å². The number of amides is 3. The monoisotopic (exact) mass is 547 g/mol. The third-order valence-electron chi connectivity index (χ3n) is 8.59. The molecule has 2 aromatic carbocycles. The average Bonchev–Trinajstić information content (AvgIpc) is 3.26. The summed E-state index contributed by atoms with van der Waals surface area (Å²) in [6.07, 6.45) is 0.636. The van der Waals surface area contributed by atoms with E-state index in [1.165, 1.54) is 9.80 Å². The van der Waals surface area contributed by atoms with Crippen LogP contribution in [0.2, 0.25) is 0 Å². The maximum Gasteiger partial charge on any atom is 0.263 e. The van der Waals surface area contributed by atoms with Crippen molar-refractivity contribution in [3.8, 4) is 5.75 Å². The maximum absolute atomic E-state index is 13.6. The van der Waals surface area contributed by atoms with Crippen molar-refractivity contribution in [2.24, 2.45) is 0 Å². The number of hydrogen-bond acceptors (Lipinski definition) is 6. The molecule has 3 aliphatic rings. The zero-order chi connectivity index (χ0) is 28.8. The Kier molecular flexibility index (Phi) is 7.31. The van der Waals surface area contributed by atoms with Crippen LogP contribution in [0.5, 0.6) is 5.75 Å². The van der Waals surface area contributed by atoms with E-state index < -0.39 is 29.8 Å². The van der Waals surface area contributed by atoms with Gasteiger partial charge in [-0.25, -0.2) is 0 Å². The molecule has 40 heavy (non-hydrogen) atoms. The van der Waals surface area contributed by atoms with Crippen molar-refractivity contribution in [3.05, 3.63) is 64.7 Å². The van der Waals surface area contributed by atoms with E-state index in [-0.39, 0.29) is 36.5 Å². The highest BCUT2D eigenvalue weighted by Gasteiger charge is 2.46. The lowest BCUT2D eigenvalue weighted by atomic mass is 9.85. The molecule has 10 nitrogen and oxygen atoms in total. The van der Waals surface area contributed by atoms with Gasteiger partial charge in [0, 0.05) is 43.6 Å². The Bertz CT molecular complexity index is 1330. The summed E-state index contributed by atoms with van der Waals surface area (Å²) in [7, 11) is 3.29. The minimum absolute atomic E-state index is 0.0191. The molecule has 10 heteroatoms. The Hall–Kier alpha value is -3.92. The van der Waals surface area contributed by atoms with Crippen LogP contribution < -0.4 is 15.4 Å². The summed E-state index contributed by atoms with van der Waals surface area (Å²) in [5.74, 6) is -0.450. The molecule has 1 aliphatic carbocycles. The van der Waals surface area contributed by atoms with Crippen LogP contribution in [-0.4, -0.2) is 70.4 Å². The topological polar surface area (TPSA) is 135 Å². The van der Waals surface area contributed by atoms with Gasteiger partial charge in [-0.2, -0.15) is 0 Å². The van der Waals surface area contributed by atoms with Crippen LogP contribution in [0.3, 0.4) is 0 Å². The predicted octanol–water partition coefficient (Wildman–Crippen LogP) is 2.67. The van der Waals surface area contributed by atoms with Gasteiger partial charge in [-0.1, -0.05) is 38.1 Å². The second-order valence-electron chi connectivity index (χ2n) is 11.2. The highest BCUT2D eigenvalue weighted by atomic mass is 16.5. The first-order valence-corrected chi connectivity index (χ1v) is 13.8. The number of carbonyl (C=O) groups is 3. The summed E-state index contributed by atoms with van der Waals surface area (Å²) in [6.45, 7) is 3.99. The molecule has 0 bridgehead atoms. The lowest BCUT2D eigenvalue weighted by Crippen LogP contribution is -2.63. The molecule has 2 aliphatic heterocycles. The third-order valence-corrected chi connectivity index (χ3v) is 8.59. The zero-order valence-corrected chi connectivity index (χ0v) is 23.4. The molecule has 2 heterocycles. The van der Waals surface area contributed by atoms with Crippen molar-refractivity contribution in [1.82, 2.24) is 20.4 Å². The van der Waals surface area contributed by atoms with Gasteiger partial charge in [0.05, 0.1) is 24.6 Å². The SMILES string of the molecule is CCC1(CC)CC(=O)N(C2CC(C(=O)N(C)C)Oc3ccc(C(=O)N[C@@H]4c5ccccc5C[C@H]4O)cc32)C(=N)N1. The van der Waals surface area contributed by atoms with E-state index in [1.54, 1.807) is 32.3 Å². The fraction of sp³-hybridized carbons (Fsp3) is 0.467.